The Labute approximate surface area is 161 Å². The van der Waals surface area contributed by atoms with Crippen molar-refractivity contribution in [1.82, 2.24) is 4.31 Å². The Morgan fingerprint density at radius 3 is 2.11 bits per heavy atom. The first-order chi connectivity index (χ1) is 12.8. The summed E-state index contributed by atoms with van der Waals surface area (Å²) in [6.45, 7) is 7.19. The number of nitrogens with one attached hydrogen (secondary N) is 1. The van der Waals surface area contributed by atoms with Gasteiger partial charge in [-0.15, -0.1) is 0 Å². The minimum atomic E-state index is -3.28. The van der Waals surface area contributed by atoms with Crippen LogP contribution < -0.4 is 5.32 Å². The van der Waals surface area contributed by atoms with Crippen LogP contribution in [0, 0.1) is 20.8 Å². The standard InChI is InChI=1S/C21H26N2O3S/c1-15-12-16(2)20(17(3)13-15)22-21(24)19-8-6-18(7-9-19)14-27(25,26)23-10-4-5-11-23/h6-9,12-13H,4-5,10-11,14H2,1-3H3,(H,22,24). The lowest BCUT2D eigenvalue weighted by atomic mass is 10.0. The molecular weight excluding hydrogens is 360 g/mol. The van der Waals surface area contributed by atoms with Crippen LogP contribution in [0.4, 0.5) is 5.69 Å². The van der Waals surface area contributed by atoms with Gasteiger partial charge in [-0.25, -0.2) is 12.7 Å². The molecule has 0 saturated carbocycles. The maximum atomic E-state index is 12.6. The molecule has 0 atom stereocenters. The van der Waals surface area contributed by atoms with E-state index in [2.05, 4.69) is 5.32 Å². The Bertz CT molecular complexity index is 921. The van der Waals surface area contributed by atoms with Crippen molar-refractivity contribution in [3.63, 3.8) is 0 Å². The number of amides is 1. The minimum absolute atomic E-state index is 0.0227. The lowest BCUT2D eigenvalue weighted by molar-refractivity contribution is 0.102. The first-order valence-electron chi connectivity index (χ1n) is 9.22. The van der Waals surface area contributed by atoms with Crippen LogP contribution in [0.5, 0.6) is 0 Å². The molecule has 0 spiro atoms. The molecule has 1 aliphatic heterocycles. The molecule has 1 N–H and O–H groups in total. The molecule has 2 aromatic rings. The van der Waals surface area contributed by atoms with E-state index in [1.165, 1.54) is 0 Å². The Morgan fingerprint density at radius 2 is 1.56 bits per heavy atom. The van der Waals surface area contributed by atoms with Gasteiger partial charge in [0.05, 0.1) is 5.75 Å². The zero-order chi connectivity index (χ0) is 19.6. The number of carbonyl (C=O) groups excluding carboxylic acids is 1. The largest absolute Gasteiger partial charge is 0.322 e. The second-order valence-corrected chi connectivity index (χ2v) is 9.26. The summed E-state index contributed by atoms with van der Waals surface area (Å²) >= 11 is 0. The van der Waals surface area contributed by atoms with Crippen molar-refractivity contribution in [2.45, 2.75) is 39.4 Å². The Morgan fingerprint density at radius 1 is 1.00 bits per heavy atom. The highest BCUT2D eigenvalue weighted by Gasteiger charge is 2.25. The van der Waals surface area contributed by atoms with E-state index in [9.17, 15) is 13.2 Å². The van der Waals surface area contributed by atoms with Gasteiger partial charge in [0.15, 0.2) is 0 Å². The van der Waals surface area contributed by atoms with Crippen LogP contribution in [0.1, 0.15) is 45.5 Å². The molecule has 0 aliphatic carbocycles. The van der Waals surface area contributed by atoms with Gasteiger partial charge in [-0.2, -0.15) is 0 Å². The smallest absolute Gasteiger partial charge is 0.255 e. The Hall–Kier alpha value is -2.18. The summed E-state index contributed by atoms with van der Waals surface area (Å²) in [4.78, 5) is 12.6. The average Bonchev–Trinajstić information content (AvgIpc) is 3.14. The molecule has 0 bridgehead atoms. The van der Waals surface area contributed by atoms with E-state index in [4.69, 9.17) is 0 Å². The summed E-state index contributed by atoms with van der Waals surface area (Å²) in [6, 6.07) is 10.9. The fourth-order valence-corrected chi connectivity index (χ4v) is 5.19. The number of aryl methyl sites for hydroxylation is 3. The molecule has 1 heterocycles. The summed E-state index contributed by atoms with van der Waals surface area (Å²) in [6.07, 6.45) is 1.85. The molecule has 1 amide bonds. The molecule has 1 fully saturated rings. The number of anilines is 1. The normalized spacial score (nSPS) is 15.1. The molecule has 2 aromatic carbocycles. The van der Waals surface area contributed by atoms with Crippen molar-refractivity contribution in [2.24, 2.45) is 0 Å². The van der Waals surface area contributed by atoms with E-state index >= 15 is 0 Å². The Balaban J connectivity index is 1.71. The molecule has 5 nitrogen and oxygen atoms in total. The molecule has 1 saturated heterocycles. The Kier molecular flexibility index (Phi) is 5.67. The fraction of sp³-hybridized carbons (Fsp3) is 0.381. The van der Waals surface area contributed by atoms with Gasteiger partial charge >= 0.3 is 0 Å². The zero-order valence-electron chi connectivity index (χ0n) is 16.1. The van der Waals surface area contributed by atoms with Crippen LogP contribution in [-0.2, 0) is 15.8 Å². The number of hydrogen-bond donors (Lipinski definition) is 1. The van der Waals surface area contributed by atoms with E-state index in [-0.39, 0.29) is 11.7 Å². The molecule has 27 heavy (non-hydrogen) atoms. The van der Waals surface area contributed by atoms with Gasteiger partial charge in [0.25, 0.3) is 5.91 Å². The highest BCUT2D eigenvalue weighted by atomic mass is 32.2. The number of carbonyl (C=O) groups is 1. The third-order valence-corrected chi connectivity index (χ3v) is 6.79. The number of benzene rings is 2. The van der Waals surface area contributed by atoms with Crippen molar-refractivity contribution in [3.8, 4) is 0 Å². The summed E-state index contributed by atoms with van der Waals surface area (Å²) in [5.41, 5.74) is 5.24. The van der Waals surface area contributed by atoms with Gasteiger partial charge in [-0.1, -0.05) is 29.8 Å². The van der Waals surface area contributed by atoms with Crippen LogP contribution in [0.2, 0.25) is 0 Å². The predicted octanol–water partition coefficient (Wildman–Crippen LogP) is 3.79. The minimum Gasteiger partial charge on any atom is -0.322 e. The molecule has 0 aromatic heterocycles. The lowest BCUT2D eigenvalue weighted by Crippen LogP contribution is -2.29. The highest BCUT2D eigenvalue weighted by molar-refractivity contribution is 7.88. The van der Waals surface area contributed by atoms with Crippen LogP contribution in [0.25, 0.3) is 0 Å². The van der Waals surface area contributed by atoms with Crippen molar-refractivity contribution in [3.05, 3.63) is 64.2 Å². The third-order valence-electron chi connectivity index (χ3n) is 4.94. The molecular formula is C21H26N2O3S. The molecule has 0 unspecified atom stereocenters. The summed E-state index contributed by atoms with van der Waals surface area (Å²) in [5.74, 6) is -0.218. The summed E-state index contributed by atoms with van der Waals surface area (Å²) in [7, 11) is -3.28. The monoisotopic (exact) mass is 386 g/mol. The summed E-state index contributed by atoms with van der Waals surface area (Å²) in [5, 5.41) is 2.97. The molecule has 6 heteroatoms. The van der Waals surface area contributed by atoms with Crippen LogP contribution >= 0.6 is 0 Å². The zero-order valence-corrected chi connectivity index (χ0v) is 16.9. The van der Waals surface area contributed by atoms with Crippen molar-refractivity contribution in [2.75, 3.05) is 18.4 Å². The quantitative estimate of drug-likeness (QED) is 0.850. The number of hydrogen-bond acceptors (Lipinski definition) is 3. The van der Waals surface area contributed by atoms with E-state index < -0.39 is 10.0 Å². The second-order valence-electron chi connectivity index (χ2n) is 7.29. The van der Waals surface area contributed by atoms with E-state index in [1.54, 1.807) is 28.6 Å². The molecule has 1 aliphatic rings. The first kappa shape index (κ1) is 19.6. The van der Waals surface area contributed by atoms with Gasteiger partial charge in [-0.05, 0) is 62.4 Å². The number of nitrogens with zero attached hydrogens (tertiary/aromatic N) is 1. The van der Waals surface area contributed by atoms with Crippen LogP contribution in [0.15, 0.2) is 36.4 Å². The molecule has 144 valence electrons. The van der Waals surface area contributed by atoms with Gasteiger partial charge in [0, 0.05) is 24.3 Å². The highest BCUT2D eigenvalue weighted by Crippen LogP contribution is 2.23. The molecule has 3 rings (SSSR count). The SMILES string of the molecule is Cc1cc(C)c(NC(=O)c2ccc(CS(=O)(=O)N3CCCC3)cc2)c(C)c1. The van der Waals surface area contributed by atoms with Crippen molar-refractivity contribution < 1.29 is 13.2 Å². The molecule has 0 radical (unpaired) electrons. The second kappa shape index (κ2) is 7.82. The van der Waals surface area contributed by atoms with Gasteiger partial charge < -0.3 is 5.32 Å². The van der Waals surface area contributed by atoms with Crippen LogP contribution in [0.3, 0.4) is 0 Å². The van der Waals surface area contributed by atoms with Gasteiger partial charge in [-0.3, -0.25) is 4.79 Å². The van der Waals surface area contributed by atoms with E-state index in [0.717, 1.165) is 35.2 Å². The van der Waals surface area contributed by atoms with Crippen LogP contribution in [-0.4, -0.2) is 31.7 Å². The fourth-order valence-electron chi connectivity index (χ4n) is 3.58. The maximum Gasteiger partial charge on any atom is 0.255 e. The number of rotatable bonds is 5. The van der Waals surface area contributed by atoms with Gasteiger partial charge in [0.2, 0.25) is 10.0 Å². The third kappa shape index (κ3) is 4.57. The average molecular weight is 387 g/mol. The van der Waals surface area contributed by atoms with Crippen molar-refractivity contribution >= 4 is 21.6 Å². The van der Waals surface area contributed by atoms with Crippen molar-refractivity contribution in [1.29, 1.82) is 0 Å². The lowest BCUT2D eigenvalue weighted by Gasteiger charge is -2.15. The van der Waals surface area contributed by atoms with E-state index in [1.807, 2.05) is 32.9 Å². The van der Waals surface area contributed by atoms with E-state index in [0.29, 0.717) is 24.2 Å². The topological polar surface area (TPSA) is 66.5 Å². The summed E-state index contributed by atoms with van der Waals surface area (Å²) < 4.78 is 26.4. The maximum absolute atomic E-state index is 12.6. The predicted molar refractivity (Wildman–Crippen MR) is 108 cm³/mol. The van der Waals surface area contributed by atoms with Gasteiger partial charge in [0.1, 0.15) is 0 Å². The first-order valence-corrected chi connectivity index (χ1v) is 10.8. The number of sulfonamides is 1.